The topological polar surface area (TPSA) is 122 Å². The van der Waals surface area contributed by atoms with Crippen LogP contribution < -0.4 is 14.8 Å². The van der Waals surface area contributed by atoms with Crippen LogP contribution in [-0.4, -0.2) is 47.2 Å². The summed E-state index contributed by atoms with van der Waals surface area (Å²) < 4.78 is 60.4. The number of hydrogen-bond donors (Lipinski definition) is 2. The lowest BCUT2D eigenvalue weighted by Gasteiger charge is -2.25. The number of aryl methyl sites for hydroxylation is 1. The van der Waals surface area contributed by atoms with Gasteiger partial charge >= 0.3 is 0 Å². The van der Waals surface area contributed by atoms with E-state index in [-0.39, 0.29) is 10.6 Å². The SMILES string of the molecule is COc1ccc(C)cc1NS(=O)(=O)c1ccc(NC(=O)c2ccc(CS(=O)(=O)N3CCCCC3)cc2)cc1. The van der Waals surface area contributed by atoms with E-state index >= 15 is 0 Å². The first-order valence-corrected chi connectivity index (χ1v) is 15.3. The first kappa shape index (κ1) is 27.6. The second-order valence-corrected chi connectivity index (χ2v) is 12.9. The largest absolute Gasteiger partial charge is 0.495 e. The average Bonchev–Trinajstić information content (AvgIpc) is 2.89. The summed E-state index contributed by atoms with van der Waals surface area (Å²) in [6.45, 7) is 2.96. The van der Waals surface area contributed by atoms with Gasteiger partial charge in [-0.05, 0) is 79.4 Å². The van der Waals surface area contributed by atoms with Gasteiger partial charge in [-0.15, -0.1) is 0 Å². The van der Waals surface area contributed by atoms with Gasteiger partial charge in [0, 0.05) is 24.3 Å². The van der Waals surface area contributed by atoms with E-state index in [1.807, 2.05) is 13.0 Å². The molecule has 11 heteroatoms. The predicted molar refractivity (Wildman–Crippen MR) is 147 cm³/mol. The molecule has 1 aliphatic rings. The lowest BCUT2D eigenvalue weighted by molar-refractivity contribution is 0.102. The molecule has 0 spiro atoms. The van der Waals surface area contributed by atoms with Crippen LogP contribution in [-0.2, 0) is 25.8 Å². The fourth-order valence-corrected chi connectivity index (χ4v) is 6.90. The highest BCUT2D eigenvalue weighted by Crippen LogP contribution is 2.28. The number of rotatable bonds is 9. The highest BCUT2D eigenvalue weighted by molar-refractivity contribution is 7.92. The molecule has 3 aromatic rings. The molecule has 3 aromatic carbocycles. The summed E-state index contributed by atoms with van der Waals surface area (Å²) in [5.41, 5.74) is 2.59. The van der Waals surface area contributed by atoms with Crippen LogP contribution in [0.3, 0.4) is 0 Å². The van der Waals surface area contributed by atoms with Crippen molar-refractivity contribution in [2.75, 3.05) is 30.2 Å². The predicted octanol–water partition coefficient (Wildman–Crippen LogP) is 4.37. The van der Waals surface area contributed by atoms with Crippen molar-refractivity contribution < 1.29 is 26.4 Å². The lowest BCUT2D eigenvalue weighted by atomic mass is 10.1. The number of nitrogens with one attached hydrogen (secondary N) is 2. The quantitative estimate of drug-likeness (QED) is 0.403. The molecule has 2 N–H and O–H groups in total. The van der Waals surface area contributed by atoms with Crippen molar-refractivity contribution in [2.45, 2.75) is 36.8 Å². The molecule has 9 nitrogen and oxygen atoms in total. The number of benzene rings is 3. The third-order valence-corrected chi connectivity index (χ3v) is 9.53. The number of piperidine rings is 1. The third kappa shape index (κ3) is 6.72. The monoisotopic (exact) mass is 557 g/mol. The number of nitrogens with zero attached hydrogens (tertiary/aromatic N) is 1. The molecule has 0 aromatic heterocycles. The van der Waals surface area contributed by atoms with E-state index in [9.17, 15) is 21.6 Å². The minimum atomic E-state index is -3.88. The Morgan fingerprint density at radius 3 is 2.18 bits per heavy atom. The second kappa shape index (κ2) is 11.5. The van der Waals surface area contributed by atoms with Crippen LogP contribution in [0.5, 0.6) is 5.75 Å². The summed E-state index contributed by atoms with van der Waals surface area (Å²) in [4.78, 5) is 12.7. The van der Waals surface area contributed by atoms with Crippen LogP contribution in [0.25, 0.3) is 0 Å². The molecular formula is C27H31N3O6S2. The molecule has 1 fully saturated rings. The van der Waals surface area contributed by atoms with Gasteiger partial charge in [-0.3, -0.25) is 9.52 Å². The molecule has 0 radical (unpaired) electrons. The zero-order chi connectivity index (χ0) is 27.3. The van der Waals surface area contributed by atoms with Crippen molar-refractivity contribution in [3.8, 4) is 5.75 Å². The molecule has 0 bridgehead atoms. The molecule has 0 saturated carbocycles. The number of methoxy groups -OCH3 is 1. The number of amides is 1. The van der Waals surface area contributed by atoms with Crippen LogP contribution in [0, 0.1) is 6.92 Å². The normalized spacial score (nSPS) is 14.6. The van der Waals surface area contributed by atoms with Crippen LogP contribution >= 0.6 is 0 Å². The van der Waals surface area contributed by atoms with Crippen LogP contribution in [0.1, 0.15) is 40.7 Å². The Labute approximate surface area is 223 Å². The maximum atomic E-state index is 12.9. The Morgan fingerprint density at radius 1 is 0.895 bits per heavy atom. The minimum absolute atomic E-state index is 0.0262. The number of anilines is 2. The highest BCUT2D eigenvalue weighted by Gasteiger charge is 2.24. The lowest BCUT2D eigenvalue weighted by Crippen LogP contribution is -2.36. The van der Waals surface area contributed by atoms with E-state index in [4.69, 9.17) is 4.74 Å². The Hall–Kier alpha value is -3.41. The van der Waals surface area contributed by atoms with Gasteiger partial charge in [0.2, 0.25) is 10.0 Å². The summed E-state index contributed by atoms with van der Waals surface area (Å²) in [5, 5.41) is 2.73. The van der Waals surface area contributed by atoms with E-state index < -0.39 is 26.0 Å². The Bertz CT molecular complexity index is 1500. The Kier molecular flexibility index (Phi) is 8.39. The number of sulfonamides is 2. The van der Waals surface area contributed by atoms with Gasteiger partial charge < -0.3 is 10.1 Å². The minimum Gasteiger partial charge on any atom is -0.495 e. The fraction of sp³-hybridized carbons (Fsp3) is 0.296. The van der Waals surface area contributed by atoms with Crippen molar-refractivity contribution in [3.05, 3.63) is 83.4 Å². The van der Waals surface area contributed by atoms with E-state index in [1.54, 1.807) is 36.4 Å². The van der Waals surface area contributed by atoms with E-state index in [0.29, 0.717) is 41.3 Å². The number of ether oxygens (including phenoxy) is 1. The Morgan fingerprint density at radius 2 is 1.55 bits per heavy atom. The van der Waals surface area contributed by atoms with Crippen LogP contribution in [0.15, 0.2) is 71.6 Å². The van der Waals surface area contributed by atoms with Crippen molar-refractivity contribution in [1.29, 1.82) is 0 Å². The van der Waals surface area contributed by atoms with Crippen molar-refractivity contribution in [1.82, 2.24) is 4.31 Å². The molecule has 0 unspecified atom stereocenters. The molecule has 1 heterocycles. The number of carbonyl (C=O) groups is 1. The molecule has 38 heavy (non-hydrogen) atoms. The molecule has 0 aliphatic carbocycles. The van der Waals surface area contributed by atoms with Gasteiger partial charge in [-0.25, -0.2) is 21.1 Å². The summed E-state index contributed by atoms with van der Waals surface area (Å²) in [7, 11) is -5.81. The standard InChI is InChI=1S/C27H31N3O6S2/c1-20-6-15-26(36-2)25(18-20)29-38(34,35)24-13-11-23(12-14-24)28-27(31)22-9-7-21(8-10-22)19-37(32,33)30-16-4-3-5-17-30/h6-15,18,29H,3-5,16-17,19H2,1-2H3,(H,28,31). The maximum absolute atomic E-state index is 12.9. The first-order valence-electron chi connectivity index (χ1n) is 12.2. The zero-order valence-corrected chi connectivity index (χ0v) is 22.9. The van der Waals surface area contributed by atoms with Gasteiger partial charge in [-0.1, -0.05) is 24.6 Å². The zero-order valence-electron chi connectivity index (χ0n) is 21.3. The molecule has 0 atom stereocenters. The summed E-state index contributed by atoms with van der Waals surface area (Å²) in [5.74, 6) is -0.0975. The van der Waals surface area contributed by atoms with Gasteiger partial charge in [0.25, 0.3) is 15.9 Å². The van der Waals surface area contributed by atoms with Gasteiger partial charge in [0.1, 0.15) is 5.75 Å². The van der Waals surface area contributed by atoms with Crippen molar-refractivity contribution in [2.24, 2.45) is 0 Å². The molecule has 1 saturated heterocycles. The van der Waals surface area contributed by atoms with E-state index in [0.717, 1.165) is 24.8 Å². The van der Waals surface area contributed by atoms with Gasteiger partial charge in [0.15, 0.2) is 0 Å². The molecule has 1 amide bonds. The smallest absolute Gasteiger partial charge is 0.262 e. The molecule has 4 rings (SSSR count). The first-order chi connectivity index (χ1) is 18.1. The molecule has 1 aliphatic heterocycles. The third-order valence-electron chi connectivity index (χ3n) is 6.30. The van der Waals surface area contributed by atoms with Crippen molar-refractivity contribution in [3.63, 3.8) is 0 Å². The van der Waals surface area contributed by atoms with Gasteiger partial charge in [0.05, 0.1) is 23.4 Å². The van der Waals surface area contributed by atoms with Gasteiger partial charge in [-0.2, -0.15) is 0 Å². The maximum Gasteiger partial charge on any atom is 0.262 e. The Balaban J connectivity index is 1.39. The van der Waals surface area contributed by atoms with E-state index in [2.05, 4.69) is 10.0 Å². The van der Waals surface area contributed by atoms with Crippen LogP contribution in [0.2, 0.25) is 0 Å². The van der Waals surface area contributed by atoms with E-state index in [1.165, 1.54) is 35.7 Å². The molecular weight excluding hydrogens is 526 g/mol. The summed E-state index contributed by atoms with van der Waals surface area (Å²) in [6.07, 6.45) is 2.81. The highest BCUT2D eigenvalue weighted by atomic mass is 32.2. The molecule has 202 valence electrons. The number of carbonyl (C=O) groups excluding carboxylic acids is 1. The summed E-state index contributed by atoms with van der Waals surface area (Å²) >= 11 is 0. The van der Waals surface area contributed by atoms with Crippen LogP contribution in [0.4, 0.5) is 11.4 Å². The fourth-order valence-electron chi connectivity index (χ4n) is 4.22. The number of hydrogen-bond acceptors (Lipinski definition) is 6. The van der Waals surface area contributed by atoms with Crippen molar-refractivity contribution >= 4 is 37.3 Å². The second-order valence-electron chi connectivity index (χ2n) is 9.20. The summed E-state index contributed by atoms with van der Waals surface area (Å²) in [6, 6.07) is 17.4. The average molecular weight is 558 g/mol.